The molecule has 6 heteroatoms. The molecule has 0 unspecified atom stereocenters. The third kappa shape index (κ3) is 4.82. The van der Waals surface area contributed by atoms with Gasteiger partial charge in [-0.1, -0.05) is 12.1 Å². The van der Waals surface area contributed by atoms with E-state index < -0.39 is 11.7 Å². The van der Waals surface area contributed by atoms with Crippen molar-refractivity contribution < 1.29 is 14.3 Å². The summed E-state index contributed by atoms with van der Waals surface area (Å²) in [6.45, 7) is 9.49. The Morgan fingerprint density at radius 1 is 1.07 bits per heavy atom. The van der Waals surface area contributed by atoms with Crippen LogP contribution in [0.2, 0.25) is 0 Å². The number of likely N-dealkylation sites (N-methyl/N-ethyl adjacent to an activating group) is 1. The third-order valence-corrected chi connectivity index (χ3v) is 4.49. The van der Waals surface area contributed by atoms with Gasteiger partial charge >= 0.3 is 6.09 Å². The first-order valence-electron chi connectivity index (χ1n) is 9.54. The molecule has 6 nitrogen and oxygen atoms in total. The van der Waals surface area contributed by atoms with Gasteiger partial charge in [-0.3, -0.25) is 10.1 Å². The summed E-state index contributed by atoms with van der Waals surface area (Å²) in [5.41, 5.74) is 3.63. The topological polar surface area (TPSA) is 70.7 Å². The van der Waals surface area contributed by atoms with E-state index in [0.717, 1.165) is 25.2 Å². The Balaban J connectivity index is 1.69. The monoisotopic (exact) mass is 381 g/mol. The van der Waals surface area contributed by atoms with Crippen molar-refractivity contribution in [3.8, 4) is 0 Å². The second-order valence-corrected chi connectivity index (χ2v) is 7.83. The maximum atomic E-state index is 12.7. The predicted molar refractivity (Wildman–Crippen MR) is 112 cm³/mol. The van der Waals surface area contributed by atoms with E-state index in [1.165, 1.54) is 11.3 Å². The Kier molecular flexibility index (Phi) is 5.58. The summed E-state index contributed by atoms with van der Waals surface area (Å²) < 4.78 is 5.25. The molecule has 3 rings (SSSR count). The molecule has 2 amide bonds. The lowest BCUT2D eigenvalue weighted by molar-refractivity contribution is 0.0635. The summed E-state index contributed by atoms with van der Waals surface area (Å²) in [6, 6.07) is 12.8. The molecule has 0 atom stereocenters. The van der Waals surface area contributed by atoms with Crippen molar-refractivity contribution in [1.29, 1.82) is 0 Å². The molecule has 2 N–H and O–H groups in total. The number of rotatable bonds is 4. The Bertz CT molecular complexity index is 887. The fourth-order valence-electron chi connectivity index (χ4n) is 3.21. The molecule has 0 spiro atoms. The highest BCUT2D eigenvalue weighted by molar-refractivity contribution is 6.05. The number of amides is 2. The molecule has 0 bridgehead atoms. The van der Waals surface area contributed by atoms with E-state index in [0.29, 0.717) is 11.3 Å². The van der Waals surface area contributed by atoms with E-state index in [4.69, 9.17) is 4.74 Å². The number of anilines is 3. The van der Waals surface area contributed by atoms with Crippen LogP contribution in [0.25, 0.3) is 0 Å². The van der Waals surface area contributed by atoms with Crippen molar-refractivity contribution >= 4 is 29.1 Å². The van der Waals surface area contributed by atoms with Gasteiger partial charge in [0, 0.05) is 35.7 Å². The van der Waals surface area contributed by atoms with E-state index in [1.807, 2.05) is 12.1 Å². The molecule has 28 heavy (non-hydrogen) atoms. The predicted octanol–water partition coefficient (Wildman–Crippen LogP) is 4.67. The largest absolute Gasteiger partial charge is 0.444 e. The SMILES string of the molecule is CCN1CCc2ccc(NC(=O)c3cccc(NC(=O)OC(C)(C)C)c3)cc21. The van der Waals surface area contributed by atoms with Gasteiger partial charge in [0.05, 0.1) is 0 Å². The zero-order valence-corrected chi connectivity index (χ0v) is 16.8. The molecule has 2 aromatic rings. The smallest absolute Gasteiger partial charge is 0.412 e. The minimum atomic E-state index is -0.584. The number of benzene rings is 2. The number of carbonyl (C=O) groups is 2. The molecule has 0 aromatic heterocycles. The van der Waals surface area contributed by atoms with Gasteiger partial charge in [0.15, 0.2) is 0 Å². The zero-order valence-electron chi connectivity index (χ0n) is 16.8. The zero-order chi connectivity index (χ0) is 20.3. The minimum absolute atomic E-state index is 0.228. The van der Waals surface area contributed by atoms with E-state index in [-0.39, 0.29) is 5.91 Å². The maximum absolute atomic E-state index is 12.7. The lowest BCUT2D eigenvalue weighted by Crippen LogP contribution is -2.27. The summed E-state index contributed by atoms with van der Waals surface area (Å²) >= 11 is 0. The number of nitrogens with zero attached hydrogens (tertiary/aromatic N) is 1. The summed E-state index contributed by atoms with van der Waals surface area (Å²) in [5.74, 6) is -0.228. The van der Waals surface area contributed by atoms with E-state index in [1.54, 1.807) is 45.0 Å². The molecule has 0 radical (unpaired) electrons. The second-order valence-electron chi connectivity index (χ2n) is 7.83. The van der Waals surface area contributed by atoms with Gasteiger partial charge in [0.25, 0.3) is 5.91 Å². The van der Waals surface area contributed by atoms with Crippen molar-refractivity contribution in [2.75, 3.05) is 28.6 Å². The van der Waals surface area contributed by atoms with Gasteiger partial charge in [-0.05, 0) is 70.0 Å². The number of hydrogen-bond acceptors (Lipinski definition) is 4. The standard InChI is InChI=1S/C22H27N3O3/c1-5-25-12-11-15-9-10-18(14-19(15)25)23-20(26)16-7-6-8-17(13-16)24-21(27)28-22(2,3)4/h6-10,13-14H,5,11-12H2,1-4H3,(H,23,26)(H,24,27). The number of carbonyl (C=O) groups excluding carboxylic acids is 2. The molecule has 1 heterocycles. The first kappa shape index (κ1) is 19.7. The van der Waals surface area contributed by atoms with Crippen LogP contribution in [0, 0.1) is 0 Å². The van der Waals surface area contributed by atoms with Crippen LogP contribution in [0.5, 0.6) is 0 Å². The minimum Gasteiger partial charge on any atom is -0.444 e. The van der Waals surface area contributed by atoms with Crippen LogP contribution in [-0.4, -0.2) is 30.7 Å². The first-order valence-corrected chi connectivity index (χ1v) is 9.54. The average Bonchev–Trinajstić information content (AvgIpc) is 3.02. The van der Waals surface area contributed by atoms with Crippen LogP contribution in [0.15, 0.2) is 42.5 Å². The highest BCUT2D eigenvalue weighted by atomic mass is 16.6. The van der Waals surface area contributed by atoms with E-state index >= 15 is 0 Å². The summed E-state index contributed by atoms with van der Waals surface area (Å²) in [6.07, 6.45) is 0.485. The van der Waals surface area contributed by atoms with E-state index in [2.05, 4.69) is 28.5 Å². The number of nitrogens with one attached hydrogen (secondary N) is 2. The van der Waals surface area contributed by atoms with Crippen LogP contribution in [0.4, 0.5) is 21.9 Å². The average molecular weight is 381 g/mol. The molecule has 0 saturated heterocycles. The number of hydrogen-bond donors (Lipinski definition) is 2. The number of fused-ring (bicyclic) bond motifs is 1. The molecule has 0 fully saturated rings. The van der Waals surface area contributed by atoms with E-state index in [9.17, 15) is 9.59 Å². The maximum Gasteiger partial charge on any atom is 0.412 e. The summed E-state index contributed by atoms with van der Waals surface area (Å²) in [4.78, 5) is 26.9. The van der Waals surface area contributed by atoms with Crippen LogP contribution < -0.4 is 15.5 Å². The highest BCUT2D eigenvalue weighted by Gasteiger charge is 2.19. The second kappa shape index (κ2) is 7.92. The molecule has 2 aromatic carbocycles. The lowest BCUT2D eigenvalue weighted by atomic mass is 10.1. The Hall–Kier alpha value is -3.02. The van der Waals surface area contributed by atoms with Crippen LogP contribution >= 0.6 is 0 Å². The van der Waals surface area contributed by atoms with Crippen LogP contribution in [0.1, 0.15) is 43.6 Å². The van der Waals surface area contributed by atoms with Gasteiger partial charge in [-0.2, -0.15) is 0 Å². The van der Waals surface area contributed by atoms with Crippen molar-refractivity contribution in [3.05, 3.63) is 53.6 Å². The van der Waals surface area contributed by atoms with Crippen molar-refractivity contribution in [2.24, 2.45) is 0 Å². The molecular weight excluding hydrogens is 354 g/mol. The highest BCUT2D eigenvalue weighted by Crippen LogP contribution is 2.30. The Labute approximate surface area is 165 Å². The quantitative estimate of drug-likeness (QED) is 0.807. The molecule has 0 saturated carbocycles. The Morgan fingerprint density at radius 2 is 1.82 bits per heavy atom. The number of ether oxygens (including phenoxy) is 1. The Morgan fingerprint density at radius 3 is 2.54 bits per heavy atom. The van der Waals surface area contributed by atoms with Gasteiger partial charge in [0.2, 0.25) is 0 Å². The van der Waals surface area contributed by atoms with Gasteiger partial charge in [-0.25, -0.2) is 4.79 Å². The molecule has 1 aliphatic rings. The van der Waals surface area contributed by atoms with Crippen molar-refractivity contribution in [3.63, 3.8) is 0 Å². The first-order chi connectivity index (χ1) is 13.2. The molecule has 0 aliphatic carbocycles. The molecule has 1 aliphatic heterocycles. The molecular formula is C22H27N3O3. The van der Waals surface area contributed by atoms with Crippen LogP contribution in [-0.2, 0) is 11.2 Å². The van der Waals surface area contributed by atoms with Crippen LogP contribution in [0.3, 0.4) is 0 Å². The van der Waals surface area contributed by atoms with Gasteiger partial charge < -0.3 is 15.0 Å². The van der Waals surface area contributed by atoms with Gasteiger partial charge in [-0.15, -0.1) is 0 Å². The summed E-state index contributed by atoms with van der Waals surface area (Å²) in [5, 5.41) is 5.60. The lowest BCUT2D eigenvalue weighted by Gasteiger charge is -2.19. The third-order valence-electron chi connectivity index (χ3n) is 4.49. The van der Waals surface area contributed by atoms with Crippen molar-refractivity contribution in [2.45, 2.75) is 39.7 Å². The fourth-order valence-corrected chi connectivity index (χ4v) is 3.21. The normalized spacial score (nSPS) is 13.1. The summed E-state index contributed by atoms with van der Waals surface area (Å²) in [7, 11) is 0. The molecule has 148 valence electrons. The fraction of sp³-hybridized carbons (Fsp3) is 0.364. The van der Waals surface area contributed by atoms with Crippen molar-refractivity contribution in [1.82, 2.24) is 0 Å². The van der Waals surface area contributed by atoms with Gasteiger partial charge in [0.1, 0.15) is 5.60 Å².